The maximum atomic E-state index is 13.4. The molecule has 2 unspecified atom stereocenters. The van der Waals surface area contributed by atoms with Gasteiger partial charge in [0.1, 0.15) is 11.6 Å². The molecule has 0 fully saturated rings. The van der Waals surface area contributed by atoms with Crippen molar-refractivity contribution in [2.75, 3.05) is 12.3 Å². The van der Waals surface area contributed by atoms with E-state index in [9.17, 15) is 13.0 Å². The molecule has 0 aromatic heterocycles. The second kappa shape index (κ2) is 7.59. The van der Waals surface area contributed by atoms with Crippen LogP contribution in [0, 0.1) is 11.6 Å². The van der Waals surface area contributed by atoms with E-state index in [-0.39, 0.29) is 10.9 Å². The SMILES string of the molecule is CCCNC(CC)CS(=O)c1cc(F)ccc1F. The molecule has 102 valence electrons. The third-order valence-electron chi connectivity index (χ3n) is 2.67. The third-order valence-corrected chi connectivity index (χ3v) is 4.18. The van der Waals surface area contributed by atoms with E-state index in [2.05, 4.69) is 5.32 Å². The summed E-state index contributed by atoms with van der Waals surface area (Å²) in [5.41, 5.74) is 0. The maximum absolute atomic E-state index is 13.4. The lowest BCUT2D eigenvalue weighted by Crippen LogP contribution is -2.34. The van der Waals surface area contributed by atoms with E-state index in [0.717, 1.165) is 37.6 Å². The average Bonchev–Trinajstić information content (AvgIpc) is 2.37. The maximum Gasteiger partial charge on any atom is 0.139 e. The highest BCUT2D eigenvalue weighted by molar-refractivity contribution is 7.85. The van der Waals surface area contributed by atoms with Crippen molar-refractivity contribution in [1.29, 1.82) is 0 Å². The lowest BCUT2D eigenvalue weighted by atomic mass is 10.2. The molecule has 0 radical (unpaired) electrons. The molecule has 18 heavy (non-hydrogen) atoms. The topological polar surface area (TPSA) is 29.1 Å². The molecule has 1 rings (SSSR count). The minimum absolute atomic E-state index is 0.0493. The number of nitrogens with one attached hydrogen (secondary N) is 1. The van der Waals surface area contributed by atoms with E-state index in [1.54, 1.807) is 0 Å². The van der Waals surface area contributed by atoms with Gasteiger partial charge >= 0.3 is 0 Å². The van der Waals surface area contributed by atoms with Gasteiger partial charge in [0.15, 0.2) is 0 Å². The molecular weight excluding hydrogens is 256 g/mol. The Hall–Kier alpha value is -0.810. The first kappa shape index (κ1) is 15.2. The molecule has 0 heterocycles. The molecular formula is C13H19F2NOS. The van der Waals surface area contributed by atoms with E-state index in [1.165, 1.54) is 0 Å². The lowest BCUT2D eigenvalue weighted by molar-refractivity contribution is 0.531. The van der Waals surface area contributed by atoms with Crippen molar-refractivity contribution in [3.05, 3.63) is 29.8 Å². The first-order chi connectivity index (χ1) is 8.58. The van der Waals surface area contributed by atoms with Crippen LogP contribution in [0.2, 0.25) is 0 Å². The summed E-state index contributed by atoms with van der Waals surface area (Å²) in [7, 11) is -1.52. The van der Waals surface area contributed by atoms with E-state index in [1.807, 2.05) is 13.8 Å². The summed E-state index contributed by atoms with van der Waals surface area (Å²) in [6.45, 7) is 4.86. The molecule has 0 amide bonds. The van der Waals surface area contributed by atoms with Gasteiger partial charge in [0.2, 0.25) is 0 Å². The van der Waals surface area contributed by atoms with Crippen LogP contribution in [0.15, 0.2) is 23.1 Å². The molecule has 0 spiro atoms. The Balaban J connectivity index is 2.71. The zero-order chi connectivity index (χ0) is 13.5. The fourth-order valence-corrected chi connectivity index (χ4v) is 3.02. The molecule has 5 heteroatoms. The van der Waals surface area contributed by atoms with E-state index in [4.69, 9.17) is 0 Å². The van der Waals surface area contributed by atoms with Gasteiger partial charge in [0, 0.05) is 11.8 Å². The molecule has 0 aliphatic carbocycles. The first-order valence-electron chi connectivity index (χ1n) is 6.15. The van der Waals surface area contributed by atoms with Crippen LogP contribution in [0.3, 0.4) is 0 Å². The minimum atomic E-state index is -1.52. The monoisotopic (exact) mass is 275 g/mol. The summed E-state index contributed by atoms with van der Waals surface area (Å²) in [5.74, 6) is -0.869. The average molecular weight is 275 g/mol. The van der Waals surface area contributed by atoms with Crippen molar-refractivity contribution in [1.82, 2.24) is 5.32 Å². The van der Waals surface area contributed by atoms with Crippen LogP contribution < -0.4 is 5.32 Å². The van der Waals surface area contributed by atoms with Crippen LogP contribution in [-0.2, 0) is 10.8 Å². The fraction of sp³-hybridized carbons (Fsp3) is 0.538. The lowest BCUT2D eigenvalue weighted by Gasteiger charge is -2.16. The Labute approximate surface area is 109 Å². The number of benzene rings is 1. The van der Waals surface area contributed by atoms with Crippen molar-refractivity contribution in [2.45, 2.75) is 37.6 Å². The van der Waals surface area contributed by atoms with Gasteiger partial charge < -0.3 is 5.32 Å². The summed E-state index contributed by atoms with van der Waals surface area (Å²) in [4.78, 5) is -0.0493. The fourth-order valence-electron chi connectivity index (χ4n) is 1.59. The van der Waals surface area contributed by atoms with E-state index in [0.29, 0.717) is 5.75 Å². The summed E-state index contributed by atoms with van der Waals surface area (Å²) >= 11 is 0. The number of hydrogen-bond donors (Lipinski definition) is 1. The zero-order valence-corrected chi connectivity index (χ0v) is 11.5. The minimum Gasteiger partial charge on any atom is -0.313 e. The molecule has 1 N–H and O–H groups in total. The van der Waals surface area contributed by atoms with Crippen molar-refractivity contribution in [3.8, 4) is 0 Å². The Morgan fingerprint density at radius 1 is 1.33 bits per heavy atom. The van der Waals surface area contributed by atoms with Crippen molar-refractivity contribution >= 4 is 10.8 Å². The third kappa shape index (κ3) is 4.46. The molecule has 0 bridgehead atoms. The van der Waals surface area contributed by atoms with Gasteiger partial charge in [-0.3, -0.25) is 4.21 Å². The van der Waals surface area contributed by atoms with Crippen LogP contribution in [-0.4, -0.2) is 22.5 Å². The Kier molecular flexibility index (Phi) is 6.43. The normalized spacial score (nSPS) is 14.4. The summed E-state index contributed by atoms with van der Waals surface area (Å²) in [6.07, 6.45) is 1.79. The van der Waals surface area contributed by atoms with E-state index >= 15 is 0 Å². The van der Waals surface area contributed by atoms with Crippen molar-refractivity contribution in [2.24, 2.45) is 0 Å². The number of rotatable bonds is 7. The van der Waals surface area contributed by atoms with Gasteiger partial charge in [-0.1, -0.05) is 13.8 Å². The van der Waals surface area contributed by atoms with Crippen LogP contribution in [0.5, 0.6) is 0 Å². The highest BCUT2D eigenvalue weighted by atomic mass is 32.2. The highest BCUT2D eigenvalue weighted by Gasteiger charge is 2.15. The van der Waals surface area contributed by atoms with Crippen LogP contribution in [0.1, 0.15) is 26.7 Å². The molecule has 0 aliphatic rings. The van der Waals surface area contributed by atoms with Crippen LogP contribution >= 0.6 is 0 Å². The second-order valence-corrected chi connectivity index (χ2v) is 5.61. The largest absolute Gasteiger partial charge is 0.313 e. The predicted molar refractivity (Wildman–Crippen MR) is 70.0 cm³/mol. The van der Waals surface area contributed by atoms with Crippen LogP contribution in [0.4, 0.5) is 8.78 Å². The standard InChI is InChI=1S/C13H19F2NOS/c1-3-7-16-11(4-2)9-18(17)13-8-10(14)5-6-12(13)15/h5-6,8,11,16H,3-4,7,9H2,1-2H3. The quantitative estimate of drug-likeness (QED) is 0.829. The van der Waals surface area contributed by atoms with Crippen LogP contribution in [0.25, 0.3) is 0 Å². The molecule has 0 saturated carbocycles. The molecule has 0 aliphatic heterocycles. The van der Waals surface area contributed by atoms with Crippen molar-refractivity contribution in [3.63, 3.8) is 0 Å². The van der Waals surface area contributed by atoms with E-state index < -0.39 is 22.4 Å². The molecule has 0 saturated heterocycles. The Bertz CT molecular complexity index is 412. The van der Waals surface area contributed by atoms with Gasteiger partial charge in [0.05, 0.1) is 15.7 Å². The smallest absolute Gasteiger partial charge is 0.139 e. The molecule has 2 nitrogen and oxygen atoms in total. The summed E-state index contributed by atoms with van der Waals surface area (Å²) in [5, 5.41) is 3.24. The van der Waals surface area contributed by atoms with Gasteiger partial charge in [-0.25, -0.2) is 8.78 Å². The van der Waals surface area contributed by atoms with Gasteiger partial charge in [0.25, 0.3) is 0 Å². The Morgan fingerprint density at radius 2 is 2.06 bits per heavy atom. The van der Waals surface area contributed by atoms with Gasteiger partial charge in [-0.15, -0.1) is 0 Å². The second-order valence-electron chi connectivity index (χ2n) is 4.15. The van der Waals surface area contributed by atoms with Crippen molar-refractivity contribution < 1.29 is 13.0 Å². The molecule has 1 aromatic carbocycles. The first-order valence-corrected chi connectivity index (χ1v) is 7.47. The highest BCUT2D eigenvalue weighted by Crippen LogP contribution is 2.15. The van der Waals surface area contributed by atoms with Gasteiger partial charge in [-0.2, -0.15) is 0 Å². The Morgan fingerprint density at radius 3 is 2.67 bits per heavy atom. The molecule has 2 atom stereocenters. The predicted octanol–water partition coefficient (Wildman–Crippen LogP) is 2.85. The summed E-state index contributed by atoms with van der Waals surface area (Å²) in [6, 6.07) is 3.12. The summed E-state index contributed by atoms with van der Waals surface area (Å²) < 4.78 is 38.5. The zero-order valence-electron chi connectivity index (χ0n) is 10.7. The number of hydrogen-bond acceptors (Lipinski definition) is 2. The number of halogens is 2. The molecule has 1 aromatic rings. The van der Waals surface area contributed by atoms with Gasteiger partial charge in [-0.05, 0) is 37.6 Å².